The molecule has 0 aromatic carbocycles. The molecule has 38 heavy (non-hydrogen) atoms. The number of carbonyl (C=O) groups is 2. The number of hydrogen-bond donors (Lipinski definition) is 0. The van der Waals surface area contributed by atoms with Crippen molar-refractivity contribution in [2.24, 2.45) is 5.92 Å². The number of Topliss-reactive ketones (excluding diaryl/α,β-unsaturated/α-hetero) is 1. The number of rotatable bonds is 23. The minimum absolute atomic E-state index is 0.0647. The molecule has 1 fully saturated rings. The summed E-state index contributed by atoms with van der Waals surface area (Å²) in [4.78, 5) is 23.2. The first-order valence-electron chi connectivity index (χ1n) is 16.2. The Hall–Kier alpha value is -0.200. The highest BCUT2D eigenvalue weighted by molar-refractivity contribution is 7.83. The van der Waals surface area contributed by atoms with Crippen LogP contribution in [0.1, 0.15) is 150 Å². The quantitative estimate of drug-likeness (QED) is 0.0695. The molecule has 1 aliphatic carbocycles. The first-order chi connectivity index (χ1) is 18.2. The highest BCUT2D eigenvalue weighted by Gasteiger charge is 2.59. The number of hydrogen-bond acceptors (Lipinski definition) is 4. The van der Waals surface area contributed by atoms with Crippen molar-refractivity contribution in [2.75, 3.05) is 24.6 Å². The highest BCUT2D eigenvalue weighted by atomic mass is 31.2. The smallest absolute Gasteiger partial charge is 0.140 e. The zero-order valence-corrected chi connectivity index (χ0v) is 27.5. The van der Waals surface area contributed by atoms with E-state index in [9.17, 15) is 18.7 Å². The Morgan fingerprint density at radius 3 is 1.76 bits per heavy atom. The average Bonchev–Trinajstić information content (AvgIpc) is 2.92. The lowest BCUT2D eigenvalue weighted by Gasteiger charge is -2.51. The van der Waals surface area contributed by atoms with E-state index in [0.717, 1.165) is 95.2 Å². The molecule has 1 radical (unpaired) electrons. The van der Waals surface area contributed by atoms with Gasteiger partial charge in [-0.05, 0) is 63.2 Å². The van der Waals surface area contributed by atoms with Gasteiger partial charge in [0.05, 0.1) is 4.90 Å². The van der Waals surface area contributed by atoms with Gasteiger partial charge in [-0.3, -0.25) is 4.79 Å². The molecule has 223 valence electrons. The molecule has 0 aromatic heterocycles. The number of aldehydes is 1. The molecular formula is C32H61O4P2. The molecule has 0 aliphatic heterocycles. The molecule has 0 saturated heterocycles. The second-order valence-corrected chi connectivity index (χ2v) is 19.8. The summed E-state index contributed by atoms with van der Waals surface area (Å²) >= 11 is 0. The lowest BCUT2D eigenvalue weighted by Crippen LogP contribution is -2.42. The van der Waals surface area contributed by atoms with Gasteiger partial charge in [-0.2, -0.15) is 0 Å². The van der Waals surface area contributed by atoms with Crippen LogP contribution in [0.5, 0.6) is 0 Å². The molecule has 1 rings (SSSR count). The van der Waals surface area contributed by atoms with Crippen LogP contribution < -0.4 is 0 Å². The fourth-order valence-corrected chi connectivity index (χ4v) is 17.4. The Morgan fingerprint density at radius 2 is 1.29 bits per heavy atom. The predicted octanol–water partition coefficient (Wildman–Crippen LogP) is 10.5. The maximum Gasteiger partial charge on any atom is 0.140 e. The SMILES string of the molecule is CCCCCCP(=O)(CC)C1(P(=O)(CC)CCCCCC)CC[C](C(=O)CCCCCCCC=O)C(C)C1. The summed E-state index contributed by atoms with van der Waals surface area (Å²) in [6.07, 6.45) is 20.8. The van der Waals surface area contributed by atoms with Crippen molar-refractivity contribution in [3.63, 3.8) is 0 Å². The van der Waals surface area contributed by atoms with Gasteiger partial charge in [0, 0.05) is 31.1 Å². The molecule has 3 unspecified atom stereocenters. The van der Waals surface area contributed by atoms with Gasteiger partial charge in [-0.15, -0.1) is 0 Å². The Kier molecular flexibility index (Phi) is 17.9. The van der Waals surface area contributed by atoms with Gasteiger partial charge in [-0.25, -0.2) is 0 Å². The van der Waals surface area contributed by atoms with E-state index >= 15 is 0 Å². The van der Waals surface area contributed by atoms with Crippen molar-refractivity contribution in [1.29, 1.82) is 0 Å². The van der Waals surface area contributed by atoms with Crippen molar-refractivity contribution < 1.29 is 18.7 Å². The highest BCUT2D eigenvalue weighted by Crippen LogP contribution is 2.81. The fraction of sp³-hybridized carbons (Fsp3) is 0.906. The third-order valence-electron chi connectivity index (χ3n) is 9.39. The van der Waals surface area contributed by atoms with E-state index < -0.39 is 19.2 Å². The van der Waals surface area contributed by atoms with Crippen LogP contribution in [0.15, 0.2) is 0 Å². The first-order valence-corrected chi connectivity index (χ1v) is 20.3. The van der Waals surface area contributed by atoms with Crippen LogP contribution in [0.4, 0.5) is 0 Å². The van der Waals surface area contributed by atoms with Crippen molar-refractivity contribution in [2.45, 2.75) is 155 Å². The maximum atomic E-state index is 15.0. The standard InChI is InChI=1S/C32H61O4P2/c1-6-10-12-20-26-37(35,8-3)32(38(36,9-4)27-21-13-11-7-2)24-23-30(29(5)28-32)31(34)22-18-16-14-15-17-19-25-33/h25,29H,6-24,26-28H2,1-5H3. The van der Waals surface area contributed by atoms with Crippen LogP contribution >= 0.6 is 14.3 Å². The molecule has 3 atom stereocenters. The summed E-state index contributed by atoms with van der Waals surface area (Å²) in [7, 11) is -5.37. The van der Waals surface area contributed by atoms with Crippen molar-refractivity contribution in [3.8, 4) is 0 Å². The van der Waals surface area contributed by atoms with Gasteiger partial charge in [0.1, 0.15) is 26.4 Å². The van der Waals surface area contributed by atoms with Crippen LogP contribution in [0.3, 0.4) is 0 Å². The molecule has 1 aliphatic rings. The first kappa shape index (κ1) is 35.8. The normalized spacial score (nSPS) is 23.6. The topological polar surface area (TPSA) is 68.3 Å². The van der Waals surface area contributed by atoms with Crippen molar-refractivity contribution in [3.05, 3.63) is 5.92 Å². The van der Waals surface area contributed by atoms with E-state index in [0.29, 0.717) is 44.4 Å². The molecule has 0 amide bonds. The Morgan fingerprint density at radius 1 is 0.789 bits per heavy atom. The number of carbonyl (C=O) groups excluding carboxylic acids is 2. The Balaban J connectivity index is 3.06. The largest absolute Gasteiger partial charge is 0.323 e. The zero-order valence-electron chi connectivity index (χ0n) is 25.7. The maximum absolute atomic E-state index is 15.0. The minimum atomic E-state index is -2.69. The monoisotopic (exact) mass is 571 g/mol. The minimum Gasteiger partial charge on any atom is -0.323 e. The van der Waals surface area contributed by atoms with Gasteiger partial charge < -0.3 is 13.9 Å². The molecule has 0 spiro atoms. The Labute approximate surface area is 236 Å². The van der Waals surface area contributed by atoms with E-state index in [1.54, 1.807) is 0 Å². The molecule has 0 bridgehead atoms. The van der Waals surface area contributed by atoms with Gasteiger partial charge >= 0.3 is 0 Å². The molecular weight excluding hydrogens is 510 g/mol. The summed E-state index contributed by atoms with van der Waals surface area (Å²) in [6, 6.07) is 0. The van der Waals surface area contributed by atoms with Crippen LogP contribution in [0, 0.1) is 11.8 Å². The summed E-state index contributed by atoms with van der Waals surface area (Å²) in [5, 5.41) is 0. The summed E-state index contributed by atoms with van der Waals surface area (Å²) in [5.74, 6) is 1.36. The number of ketones is 1. The van der Waals surface area contributed by atoms with Crippen LogP contribution in [-0.4, -0.2) is 41.6 Å². The lowest BCUT2D eigenvalue weighted by molar-refractivity contribution is -0.118. The molecule has 4 nitrogen and oxygen atoms in total. The molecule has 1 saturated carbocycles. The van der Waals surface area contributed by atoms with Gasteiger partial charge in [0.2, 0.25) is 0 Å². The van der Waals surface area contributed by atoms with Crippen LogP contribution in [0.2, 0.25) is 0 Å². The fourth-order valence-electron chi connectivity index (χ4n) is 6.90. The summed E-state index contributed by atoms with van der Waals surface area (Å²) < 4.78 is 29.9. The average molecular weight is 572 g/mol. The van der Waals surface area contributed by atoms with Crippen molar-refractivity contribution >= 4 is 26.4 Å². The van der Waals surface area contributed by atoms with E-state index in [1.807, 2.05) is 0 Å². The van der Waals surface area contributed by atoms with E-state index in [-0.39, 0.29) is 11.7 Å². The molecule has 0 aromatic rings. The van der Waals surface area contributed by atoms with Crippen LogP contribution in [0.25, 0.3) is 0 Å². The van der Waals surface area contributed by atoms with Gasteiger partial charge in [0.25, 0.3) is 0 Å². The second kappa shape index (κ2) is 19.0. The van der Waals surface area contributed by atoms with Gasteiger partial charge in [-0.1, -0.05) is 92.4 Å². The molecule has 0 N–H and O–H groups in total. The summed E-state index contributed by atoms with van der Waals surface area (Å²) in [5.41, 5.74) is 0. The van der Waals surface area contributed by atoms with Crippen LogP contribution in [-0.2, 0) is 18.7 Å². The summed E-state index contributed by atoms with van der Waals surface area (Å²) in [6.45, 7) is 10.7. The van der Waals surface area contributed by atoms with Crippen molar-refractivity contribution in [1.82, 2.24) is 0 Å². The van der Waals surface area contributed by atoms with Gasteiger partial charge in [0.15, 0.2) is 0 Å². The molecule has 0 heterocycles. The second-order valence-electron chi connectivity index (χ2n) is 12.0. The third-order valence-corrected chi connectivity index (χ3v) is 19.5. The number of unbranched alkanes of at least 4 members (excludes halogenated alkanes) is 11. The van der Waals surface area contributed by atoms with E-state index in [1.165, 1.54) is 12.8 Å². The molecule has 6 heteroatoms. The lowest BCUT2D eigenvalue weighted by atomic mass is 9.76. The zero-order chi connectivity index (χ0) is 28.5. The van der Waals surface area contributed by atoms with E-state index in [2.05, 4.69) is 34.6 Å². The Bertz CT molecular complexity index is 729. The predicted molar refractivity (Wildman–Crippen MR) is 167 cm³/mol. The third kappa shape index (κ3) is 10.0. The van der Waals surface area contributed by atoms with E-state index in [4.69, 9.17) is 0 Å².